The minimum absolute atomic E-state index is 0.253. The van der Waals surface area contributed by atoms with Crippen LogP contribution in [0, 0.1) is 12.7 Å². The van der Waals surface area contributed by atoms with E-state index >= 15 is 0 Å². The summed E-state index contributed by atoms with van der Waals surface area (Å²) in [6.45, 7) is 6.07. The summed E-state index contributed by atoms with van der Waals surface area (Å²) >= 11 is 5.91. The van der Waals surface area contributed by atoms with Gasteiger partial charge < -0.3 is 14.5 Å². The van der Waals surface area contributed by atoms with Gasteiger partial charge in [0.1, 0.15) is 29.7 Å². The molecule has 5 heteroatoms. The summed E-state index contributed by atoms with van der Waals surface area (Å²) in [6.07, 6.45) is 1.09. The van der Waals surface area contributed by atoms with E-state index in [1.54, 1.807) is 0 Å². The highest BCUT2D eigenvalue weighted by Gasteiger charge is 2.09. The van der Waals surface area contributed by atoms with Crippen molar-refractivity contribution in [2.45, 2.75) is 33.4 Å². The molecule has 0 aliphatic heterocycles. The van der Waals surface area contributed by atoms with Crippen LogP contribution < -0.4 is 10.1 Å². The molecule has 1 heterocycles. The second kappa shape index (κ2) is 7.48. The number of aryl methyl sites for hydroxylation is 1. The summed E-state index contributed by atoms with van der Waals surface area (Å²) in [5.41, 5.74) is 1.12. The average molecular weight is 312 g/mol. The van der Waals surface area contributed by atoms with Crippen LogP contribution in [-0.4, -0.2) is 6.54 Å². The second-order valence-electron chi connectivity index (χ2n) is 4.83. The fraction of sp³-hybridized carbons (Fsp3) is 0.375. The van der Waals surface area contributed by atoms with Gasteiger partial charge in [0, 0.05) is 12.1 Å². The average Bonchev–Trinajstić information content (AvgIpc) is 2.79. The summed E-state index contributed by atoms with van der Waals surface area (Å²) in [4.78, 5) is 0. The molecule has 0 aliphatic carbocycles. The van der Waals surface area contributed by atoms with Crippen LogP contribution in [0.4, 0.5) is 4.39 Å². The molecule has 0 fully saturated rings. The third-order valence-electron chi connectivity index (χ3n) is 3.08. The fourth-order valence-corrected chi connectivity index (χ4v) is 2.20. The van der Waals surface area contributed by atoms with Crippen molar-refractivity contribution in [1.82, 2.24) is 5.32 Å². The second-order valence-corrected chi connectivity index (χ2v) is 5.24. The maximum Gasteiger partial charge on any atom is 0.146 e. The van der Waals surface area contributed by atoms with Crippen LogP contribution in [0.2, 0.25) is 5.02 Å². The van der Waals surface area contributed by atoms with Gasteiger partial charge in [0.05, 0.1) is 5.02 Å². The van der Waals surface area contributed by atoms with Gasteiger partial charge in [-0.05, 0) is 44.2 Å². The number of nitrogens with one attached hydrogen (secondary N) is 1. The lowest BCUT2D eigenvalue weighted by atomic mass is 10.2. The molecule has 3 nitrogen and oxygen atoms in total. The lowest BCUT2D eigenvalue weighted by Crippen LogP contribution is -2.13. The van der Waals surface area contributed by atoms with Gasteiger partial charge in [0.2, 0.25) is 0 Å². The van der Waals surface area contributed by atoms with Gasteiger partial charge in [-0.2, -0.15) is 0 Å². The Labute approximate surface area is 129 Å². The van der Waals surface area contributed by atoms with Crippen LogP contribution >= 0.6 is 11.6 Å². The van der Waals surface area contributed by atoms with Crippen LogP contribution in [0.1, 0.15) is 30.4 Å². The van der Waals surface area contributed by atoms with Crippen molar-refractivity contribution in [3.8, 4) is 5.75 Å². The number of hydrogen-bond acceptors (Lipinski definition) is 3. The predicted octanol–water partition coefficient (Wildman–Crippen LogP) is 4.46. The van der Waals surface area contributed by atoms with Crippen LogP contribution in [0.3, 0.4) is 0 Å². The smallest absolute Gasteiger partial charge is 0.146 e. The molecule has 0 amide bonds. The third-order valence-corrected chi connectivity index (χ3v) is 3.37. The molecule has 114 valence electrons. The van der Waals surface area contributed by atoms with E-state index in [0.717, 1.165) is 36.6 Å². The first-order valence-electron chi connectivity index (χ1n) is 6.97. The number of ether oxygens (including phenoxy) is 1. The third kappa shape index (κ3) is 4.48. The molecule has 1 aromatic carbocycles. The molecule has 0 radical (unpaired) electrons. The maximum absolute atomic E-state index is 12.9. The summed E-state index contributed by atoms with van der Waals surface area (Å²) in [6, 6.07) is 6.02. The van der Waals surface area contributed by atoms with Gasteiger partial charge in [-0.1, -0.05) is 18.5 Å². The summed E-state index contributed by atoms with van der Waals surface area (Å²) < 4.78 is 24.2. The largest absolute Gasteiger partial charge is 0.484 e. The van der Waals surface area contributed by atoms with Gasteiger partial charge >= 0.3 is 0 Å². The van der Waals surface area contributed by atoms with E-state index in [4.69, 9.17) is 20.8 Å². The Bertz CT molecular complexity index is 598. The van der Waals surface area contributed by atoms with Crippen molar-refractivity contribution in [1.29, 1.82) is 0 Å². The SMILES string of the molecule is CCCNCc1cc(COc2ccc(F)cc2Cl)oc1C. The Balaban J connectivity index is 1.95. The van der Waals surface area contributed by atoms with Crippen LogP contribution in [0.25, 0.3) is 0 Å². The Kier molecular flexibility index (Phi) is 5.65. The zero-order valence-corrected chi connectivity index (χ0v) is 13.0. The molecule has 1 N–H and O–H groups in total. The quantitative estimate of drug-likeness (QED) is 0.767. The summed E-state index contributed by atoms with van der Waals surface area (Å²) in [5.74, 6) is 1.66. The first kappa shape index (κ1) is 15.9. The summed E-state index contributed by atoms with van der Waals surface area (Å²) in [5, 5.41) is 3.58. The summed E-state index contributed by atoms with van der Waals surface area (Å²) in [7, 11) is 0. The zero-order chi connectivity index (χ0) is 15.2. The zero-order valence-electron chi connectivity index (χ0n) is 12.2. The van der Waals surface area contributed by atoms with E-state index in [9.17, 15) is 4.39 Å². The number of hydrogen-bond donors (Lipinski definition) is 1. The van der Waals surface area contributed by atoms with Gasteiger partial charge in [-0.3, -0.25) is 0 Å². The Morgan fingerprint density at radius 3 is 2.86 bits per heavy atom. The number of halogens is 2. The Hall–Kier alpha value is -1.52. The standard InChI is InChI=1S/C16H19ClFNO2/c1-3-6-19-9-12-7-14(21-11(12)2)10-20-16-5-4-13(18)8-15(16)17/h4-5,7-8,19H,3,6,9-10H2,1-2H3. The molecule has 0 atom stereocenters. The minimum Gasteiger partial charge on any atom is -0.484 e. The molecular weight excluding hydrogens is 293 g/mol. The molecule has 0 saturated carbocycles. The van der Waals surface area contributed by atoms with E-state index in [0.29, 0.717) is 5.75 Å². The Morgan fingerprint density at radius 1 is 1.33 bits per heavy atom. The van der Waals surface area contributed by atoms with Crippen LogP contribution in [-0.2, 0) is 13.2 Å². The van der Waals surface area contributed by atoms with Crippen LogP contribution in [0.5, 0.6) is 5.75 Å². The van der Waals surface area contributed by atoms with Crippen molar-refractivity contribution in [2.75, 3.05) is 6.54 Å². The molecule has 0 saturated heterocycles. The molecule has 0 aliphatic rings. The van der Waals surface area contributed by atoms with Crippen molar-refractivity contribution in [3.63, 3.8) is 0 Å². The van der Waals surface area contributed by atoms with E-state index in [1.165, 1.54) is 18.2 Å². The number of rotatable bonds is 7. The topological polar surface area (TPSA) is 34.4 Å². The van der Waals surface area contributed by atoms with Gasteiger partial charge in [0.25, 0.3) is 0 Å². The van der Waals surface area contributed by atoms with E-state index in [2.05, 4.69) is 12.2 Å². The first-order chi connectivity index (χ1) is 10.1. The van der Waals surface area contributed by atoms with E-state index in [-0.39, 0.29) is 17.4 Å². The highest BCUT2D eigenvalue weighted by Crippen LogP contribution is 2.26. The minimum atomic E-state index is -0.384. The van der Waals surface area contributed by atoms with Gasteiger partial charge in [-0.15, -0.1) is 0 Å². The molecular formula is C16H19ClFNO2. The van der Waals surface area contributed by atoms with Crippen LogP contribution in [0.15, 0.2) is 28.7 Å². The molecule has 2 rings (SSSR count). The molecule has 0 spiro atoms. The van der Waals surface area contributed by atoms with E-state index in [1.807, 2.05) is 13.0 Å². The molecule has 21 heavy (non-hydrogen) atoms. The highest BCUT2D eigenvalue weighted by atomic mass is 35.5. The fourth-order valence-electron chi connectivity index (χ4n) is 1.98. The first-order valence-corrected chi connectivity index (χ1v) is 7.34. The molecule has 1 aromatic heterocycles. The number of furan rings is 1. The Morgan fingerprint density at radius 2 is 2.14 bits per heavy atom. The molecule has 0 unspecified atom stereocenters. The lowest BCUT2D eigenvalue weighted by molar-refractivity contribution is 0.267. The molecule has 2 aromatic rings. The van der Waals surface area contributed by atoms with Gasteiger partial charge in [0.15, 0.2) is 0 Å². The van der Waals surface area contributed by atoms with Crippen molar-refractivity contribution >= 4 is 11.6 Å². The monoisotopic (exact) mass is 311 g/mol. The molecule has 0 bridgehead atoms. The van der Waals surface area contributed by atoms with Crippen molar-refractivity contribution in [3.05, 3.63) is 52.2 Å². The predicted molar refractivity (Wildman–Crippen MR) is 81.2 cm³/mol. The van der Waals surface area contributed by atoms with E-state index < -0.39 is 0 Å². The normalized spacial score (nSPS) is 10.9. The number of benzene rings is 1. The maximum atomic E-state index is 12.9. The van der Waals surface area contributed by atoms with Crippen molar-refractivity contribution in [2.24, 2.45) is 0 Å². The lowest BCUT2D eigenvalue weighted by Gasteiger charge is -2.05. The van der Waals surface area contributed by atoms with Crippen molar-refractivity contribution < 1.29 is 13.5 Å². The van der Waals surface area contributed by atoms with Gasteiger partial charge in [-0.25, -0.2) is 4.39 Å². The highest BCUT2D eigenvalue weighted by molar-refractivity contribution is 6.32.